The van der Waals surface area contributed by atoms with Crippen molar-refractivity contribution in [3.63, 3.8) is 0 Å². The van der Waals surface area contributed by atoms with E-state index < -0.39 is 11.8 Å². The van der Waals surface area contributed by atoms with Gasteiger partial charge in [0.05, 0.1) is 0 Å². The lowest BCUT2D eigenvalue weighted by Gasteiger charge is -2.23. The topological polar surface area (TPSA) is 93.7 Å². The molecule has 4 rings (SSSR count). The van der Waals surface area contributed by atoms with Crippen molar-refractivity contribution in [3.05, 3.63) is 54.1 Å². The molecule has 1 unspecified atom stereocenters. The zero-order valence-corrected chi connectivity index (χ0v) is 19.4. The summed E-state index contributed by atoms with van der Waals surface area (Å²) >= 11 is 0. The molecular formula is C27H32N2O5. The van der Waals surface area contributed by atoms with E-state index >= 15 is 0 Å². The summed E-state index contributed by atoms with van der Waals surface area (Å²) in [6.07, 6.45) is 7.45. The second kappa shape index (κ2) is 11.7. The van der Waals surface area contributed by atoms with Crippen molar-refractivity contribution in [3.8, 4) is 11.5 Å². The Labute approximate surface area is 200 Å². The SMILES string of the molecule is O=C(CC(C(=O)Nc1ccc2c(c1)OCCO2)C(=O)c1ccccc1)NC1CCCCCCC1. The van der Waals surface area contributed by atoms with Gasteiger partial charge in [-0.2, -0.15) is 0 Å². The van der Waals surface area contributed by atoms with E-state index in [1.807, 2.05) is 6.07 Å². The number of carbonyl (C=O) groups excluding carboxylic acids is 3. The maximum Gasteiger partial charge on any atom is 0.235 e. The van der Waals surface area contributed by atoms with Crippen molar-refractivity contribution in [1.82, 2.24) is 5.32 Å². The van der Waals surface area contributed by atoms with E-state index in [0.29, 0.717) is 36.0 Å². The van der Waals surface area contributed by atoms with Crippen LogP contribution in [0.3, 0.4) is 0 Å². The number of hydrogen-bond donors (Lipinski definition) is 2. The monoisotopic (exact) mass is 464 g/mol. The number of benzene rings is 2. The van der Waals surface area contributed by atoms with Crippen LogP contribution in [0.15, 0.2) is 48.5 Å². The van der Waals surface area contributed by atoms with Crippen molar-refractivity contribution < 1.29 is 23.9 Å². The van der Waals surface area contributed by atoms with Gasteiger partial charge in [-0.3, -0.25) is 14.4 Å². The molecular weight excluding hydrogens is 432 g/mol. The Hall–Kier alpha value is -3.35. The van der Waals surface area contributed by atoms with E-state index in [1.165, 1.54) is 19.3 Å². The first-order chi connectivity index (χ1) is 16.6. The summed E-state index contributed by atoms with van der Waals surface area (Å²) in [5.41, 5.74) is 0.893. The largest absolute Gasteiger partial charge is 0.486 e. The molecule has 0 radical (unpaired) electrons. The van der Waals surface area contributed by atoms with Crippen molar-refractivity contribution >= 4 is 23.3 Å². The van der Waals surface area contributed by atoms with Crippen LogP contribution in [-0.2, 0) is 9.59 Å². The fraction of sp³-hybridized carbons (Fsp3) is 0.444. The number of ether oxygens (including phenoxy) is 2. The molecule has 2 aromatic rings. The normalized spacial score (nSPS) is 17.1. The number of amides is 2. The second-order valence-corrected chi connectivity index (χ2v) is 8.94. The molecule has 34 heavy (non-hydrogen) atoms. The molecule has 1 heterocycles. The van der Waals surface area contributed by atoms with Gasteiger partial charge in [-0.25, -0.2) is 0 Å². The smallest absolute Gasteiger partial charge is 0.235 e. The Morgan fingerprint density at radius 3 is 2.26 bits per heavy atom. The Kier molecular flexibility index (Phi) is 8.17. The average Bonchev–Trinajstić information content (AvgIpc) is 2.84. The van der Waals surface area contributed by atoms with Crippen LogP contribution in [0.2, 0.25) is 0 Å². The minimum absolute atomic E-state index is 0.0983. The molecule has 1 aliphatic carbocycles. The molecule has 180 valence electrons. The molecule has 0 aromatic heterocycles. The number of carbonyl (C=O) groups is 3. The molecule has 7 heteroatoms. The fourth-order valence-corrected chi connectivity index (χ4v) is 4.53. The number of hydrogen-bond acceptors (Lipinski definition) is 5. The highest BCUT2D eigenvalue weighted by molar-refractivity contribution is 6.15. The summed E-state index contributed by atoms with van der Waals surface area (Å²) in [7, 11) is 0. The van der Waals surface area contributed by atoms with Gasteiger partial charge in [0, 0.05) is 29.8 Å². The van der Waals surface area contributed by atoms with Crippen LogP contribution in [0.1, 0.15) is 61.7 Å². The van der Waals surface area contributed by atoms with E-state index in [4.69, 9.17) is 9.47 Å². The summed E-state index contributed by atoms with van der Waals surface area (Å²) in [6.45, 7) is 0.906. The third kappa shape index (κ3) is 6.37. The minimum Gasteiger partial charge on any atom is -0.486 e. The standard InChI is InChI=1S/C27H32N2O5/c30-25(28-20-11-7-2-1-3-8-12-20)18-22(26(31)19-9-5-4-6-10-19)27(32)29-21-13-14-23-24(17-21)34-16-15-33-23/h4-6,9-10,13-14,17,20,22H,1-3,7-8,11-12,15-16,18H2,(H,28,30)(H,29,32). The maximum atomic E-state index is 13.3. The number of Topliss-reactive ketones (excluding diaryl/α,β-unsaturated/α-hetero) is 1. The first kappa shape index (κ1) is 23.8. The molecule has 2 amide bonds. The van der Waals surface area contributed by atoms with Gasteiger partial charge in [0.2, 0.25) is 11.8 Å². The Morgan fingerprint density at radius 1 is 0.853 bits per heavy atom. The predicted octanol–water partition coefficient (Wildman–Crippen LogP) is 4.51. The quantitative estimate of drug-likeness (QED) is 0.464. The number of nitrogens with one attached hydrogen (secondary N) is 2. The van der Waals surface area contributed by atoms with Gasteiger partial charge in [-0.05, 0) is 25.0 Å². The Bertz CT molecular complexity index is 999. The van der Waals surface area contributed by atoms with Crippen molar-refractivity contribution in [2.75, 3.05) is 18.5 Å². The van der Waals surface area contributed by atoms with Crippen LogP contribution < -0.4 is 20.1 Å². The van der Waals surface area contributed by atoms with E-state index in [0.717, 1.165) is 25.7 Å². The van der Waals surface area contributed by atoms with Gasteiger partial charge in [-0.1, -0.05) is 62.4 Å². The van der Waals surface area contributed by atoms with E-state index in [2.05, 4.69) is 10.6 Å². The van der Waals surface area contributed by atoms with E-state index in [-0.39, 0.29) is 24.2 Å². The molecule has 0 saturated heterocycles. The molecule has 0 spiro atoms. The van der Waals surface area contributed by atoms with Gasteiger partial charge < -0.3 is 20.1 Å². The highest BCUT2D eigenvalue weighted by atomic mass is 16.6. The highest BCUT2D eigenvalue weighted by Crippen LogP contribution is 2.33. The van der Waals surface area contributed by atoms with E-state index in [1.54, 1.807) is 42.5 Å². The molecule has 2 aromatic carbocycles. The van der Waals surface area contributed by atoms with Crippen molar-refractivity contribution in [2.45, 2.75) is 57.4 Å². The molecule has 2 N–H and O–H groups in total. The average molecular weight is 465 g/mol. The van der Waals surface area contributed by atoms with Crippen LogP contribution in [0.5, 0.6) is 11.5 Å². The summed E-state index contributed by atoms with van der Waals surface area (Å²) in [4.78, 5) is 39.4. The van der Waals surface area contributed by atoms with Crippen molar-refractivity contribution in [2.24, 2.45) is 5.92 Å². The van der Waals surface area contributed by atoms with Crippen LogP contribution in [-0.4, -0.2) is 36.9 Å². The zero-order valence-electron chi connectivity index (χ0n) is 19.4. The summed E-state index contributed by atoms with van der Waals surface area (Å²) in [5.74, 6) is -1.14. The number of ketones is 1. The molecule has 1 atom stereocenters. The molecule has 1 aliphatic heterocycles. The lowest BCUT2D eigenvalue weighted by Crippen LogP contribution is -2.40. The summed E-state index contributed by atoms with van der Waals surface area (Å²) in [6, 6.07) is 13.8. The predicted molar refractivity (Wildman–Crippen MR) is 129 cm³/mol. The lowest BCUT2D eigenvalue weighted by molar-refractivity contribution is -0.126. The third-order valence-corrected chi connectivity index (χ3v) is 6.36. The summed E-state index contributed by atoms with van der Waals surface area (Å²) in [5, 5.41) is 5.87. The first-order valence-electron chi connectivity index (χ1n) is 12.2. The van der Waals surface area contributed by atoms with Crippen LogP contribution in [0, 0.1) is 5.92 Å². The molecule has 1 saturated carbocycles. The minimum atomic E-state index is -1.14. The Morgan fingerprint density at radius 2 is 1.53 bits per heavy atom. The van der Waals surface area contributed by atoms with Gasteiger partial charge in [-0.15, -0.1) is 0 Å². The van der Waals surface area contributed by atoms with E-state index in [9.17, 15) is 14.4 Å². The molecule has 1 fully saturated rings. The maximum absolute atomic E-state index is 13.3. The zero-order chi connectivity index (χ0) is 23.8. The fourth-order valence-electron chi connectivity index (χ4n) is 4.53. The number of fused-ring (bicyclic) bond motifs is 1. The van der Waals surface area contributed by atoms with Gasteiger partial charge in [0.15, 0.2) is 17.3 Å². The number of anilines is 1. The third-order valence-electron chi connectivity index (χ3n) is 6.36. The molecule has 7 nitrogen and oxygen atoms in total. The van der Waals surface area contributed by atoms with Crippen molar-refractivity contribution in [1.29, 1.82) is 0 Å². The number of rotatable bonds is 7. The molecule has 2 aliphatic rings. The van der Waals surface area contributed by atoms with Crippen LogP contribution in [0.4, 0.5) is 5.69 Å². The lowest BCUT2D eigenvalue weighted by atomic mass is 9.92. The van der Waals surface area contributed by atoms with Gasteiger partial charge in [0.1, 0.15) is 19.1 Å². The highest BCUT2D eigenvalue weighted by Gasteiger charge is 2.31. The summed E-state index contributed by atoms with van der Waals surface area (Å²) < 4.78 is 11.1. The van der Waals surface area contributed by atoms with Gasteiger partial charge in [0.25, 0.3) is 0 Å². The van der Waals surface area contributed by atoms with Gasteiger partial charge >= 0.3 is 0 Å². The first-order valence-corrected chi connectivity index (χ1v) is 12.2. The molecule has 0 bridgehead atoms. The van der Waals surface area contributed by atoms with Crippen LogP contribution in [0.25, 0.3) is 0 Å². The van der Waals surface area contributed by atoms with Crippen LogP contribution >= 0.6 is 0 Å². The Balaban J connectivity index is 1.47. The second-order valence-electron chi connectivity index (χ2n) is 8.94.